The molecule has 2 rings (SSSR count). The summed E-state index contributed by atoms with van der Waals surface area (Å²) in [6.07, 6.45) is 4.30. The minimum absolute atomic E-state index is 0.763. The predicted octanol–water partition coefficient (Wildman–Crippen LogP) is 2.87. The normalized spacial score (nSPS) is 42.6. The Hall–Kier alpha value is -0.300. The summed E-state index contributed by atoms with van der Waals surface area (Å²) >= 11 is 0. The van der Waals surface area contributed by atoms with Crippen LogP contribution >= 0.6 is 0 Å². The zero-order chi connectivity index (χ0) is 9.42. The maximum absolute atomic E-state index is 5.32. The second-order valence-corrected chi connectivity index (χ2v) is 4.82. The van der Waals surface area contributed by atoms with E-state index in [-0.39, 0.29) is 0 Å². The molecule has 2 aliphatic rings. The molecule has 1 nitrogen and oxygen atoms in total. The summed E-state index contributed by atoms with van der Waals surface area (Å²) in [5, 5.41) is 0. The van der Waals surface area contributed by atoms with Crippen LogP contribution in [0.4, 0.5) is 0 Å². The van der Waals surface area contributed by atoms with Crippen molar-refractivity contribution in [2.45, 2.75) is 26.2 Å². The van der Waals surface area contributed by atoms with Gasteiger partial charge in [0.25, 0.3) is 0 Å². The zero-order valence-electron chi connectivity index (χ0n) is 8.75. The Kier molecular flexibility index (Phi) is 2.46. The molecule has 0 aromatic carbocycles. The lowest BCUT2D eigenvalue weighted by Crippen LogP contribution is -2.26. The maximum atomic E-state index is 5.32. The van der Waals surface area contributed by atoms with Crippen LogP contribution in [0.1, 0.15) is 26.2 Å². The second-order valence-electron chi connectivity index (χ2n) is 4.82. The summed E-state index contributed by atoms with van der Waals surface area (Å²) in [7, 11) is 1.82. The number of hydrogen-bond donors (Lipinski definition) is 0. The molecule has 0 spiro atoms. The van der Waals surface area contributed by atoms with Gasteiger partial charge in [-0.15, -0.1) is 0 Å². The first-order chi connectivity index (χ1) is 6.24. The van der Waals surface area contributed by atoms with Crippen LogP contribution in [0.3, 0.4) is 0 Å². The fraction of sp³-hybridized carbons (Fsp3) is 0.833. The van der Waals surface area contributed by atoms with E-state index in [1.54, 1.807) is 0 Å². The van der Waals surface area contributed by atoms with Crippen LogP contribution in [0, 0.1) is 23.7 Å². The topological polar surface area (TPSA) is 9.23 Å². The largest absolute Gasteiger partial charge is 0.384 e. The molecule has 0 aromatic heterocycles. The van der Waals surface area contributed by atoms with E-state index >= 15 is 0 Å². The van der Waals surface area contributed by atoms with Gasteiger partial charge in [0, 0.05) is 13.7 Å². The molecule has 13 heavy (non-hydrogen) atoms. The van der Waals surface area contributed by atoms with E-state index in [9.17, 15) is 0 Å². The Morgan fingerprint density at radius 1 is 1.38 bits per heavy atom. The predicted molar refractivity (Wildman–Crippen MR) is 54.5 cm³/mol. The average molecular weight is 180 g/mol. The number of rotatable bonds is 3. The lowest BCUT2D eigenvalue weighted by atomic mass is 9.76. The summed E-state index contributed by atoms with van der Waals surface area (Å²) in [6.45, 7) is 7.26. The minimum atomic E-state index is 0.763. The number of methoxy groups -OCH3 is 1. The van der Waals surface area contributed by atoms with Crippen molar-refractivity contribution in [1.82, 2.24) is 0 Å². The molecule has 2 saturated carbocycles. The molecular formula is C12H20O. The molecule has 0 radical (unpaired) electrons. The summed E-state index contributed by atoms with van der Waals surface area (Å²) in [5.74, 6) is 3.41. The summed E-state index contributed by atoms with van der Waals surface area (Å²) in [5.41, 5.74) is 1.38. The lowest BCUT2D eigenvalue weighted by molar-refractivity contribution is 0.0983. The molecule has 0 N–H and O–H groups in total. The molecule has 4 atom stereocenters. The van der Waals surface area contributed by atoms with Crippen LogP contribution in [0.15, 0.2) is 12.2 Å². The van der Waals surface area contributed by atoms with Crippen molar-refractivity contribution in [2.24, 2.45) is 23.7 Å². The van der Waals surface area contributed by atoms with E-state index in [2.05, 4.69) is 13.5 Å². The molecule has 4 unspecified atom stereocenters. The Morgan fingerprint density at radius 3 is 2.69 bits per heavy atom. The van der Waals surface area contributed by atoms with Crippen LogP contribution < -0.4 is 0 Å². The second kappa shape index (κ2) is 3.45. The van der Waals surface area contributed by atoms with Crippen molar-refractivity contribution in [3.8, 4) is 0 Å². The van der Waals surface area contributed by atoms with Crippen molar-refractivity contribution in [3.05, 3.63) is 12.2 Å². The van der Waals surface area contributed by atoms with Crippen LogP contribution in [0.5, 0.6) is 0 Å². The van der Waals surface area contributed by atoms with E-state index < -0.39 is 0 Å². The molecule has 2 fully saturated rings. The highest BCUT2D eigenvalue weighted by molar-refractivity contribution is 5.10. The van der Waals surface area contributed by atoms with E-state index in [1.807, 2.05) is 7.11 Å². The van der Waals surface area contributed by atoms with Gasteiger partial charge >= 0.3 is 0 Å². The highest BCUT2D eigenvalue weighted by Crippen LogP contribution is 2.54. The van der Waals surface area contributed by atoms with Crippen LogP contribution in [0.2, 0.25) is 0 Å². The molecule has 0 aliphatic heterocycles. The smallest absolute Gasteiger partial charge is 0.0498 e. The van der Waals surface area contributed by atoms with Gasteiger partial charge in [0.1, 0.15) is 0 Å². The van der Waals surface area contributed by atoms with Gasteiger partial charge in [0.15, 0.2) is 0 Å². The molecule has 74 valence electrons. The standard InChI is InChI=1S/C12H20O/c1-8(2)12-10-5-4-9(6-10)11(12)7-13-3/h9-12H,1,4-7H2,2-3H3. The quantitative estimate of drug-likeness (QED) is 0.607. The number of hydrogen-bond acceptors (Lipinski definition) is 1. The zero-order valence-corrected chi connectivity index (χ0v) is 8.75. The number of allylic oxidation sites excluding steroid dienone is 1. The van der Waals surface area contributed by atoms with Crippen molar-refractivity contribution in [2.75, 3.05) is 13.7 Å². The molecule has 1 heteroatoms. The van der Waals surface area contributed by atoms with Crippen molar-refractivity contribution < 1.29 is 4.74 Å². The third-order valence-corrected chi connectivity index (χ3v) is 4.02. The van der Waals surface area contributed by atoms with Gasteiger partial charge in [0.2, 0.25) is 0 Å². The maximum Gasteiger partial charge on any atom is 0.0498 e. The first-order valence-corrected chi connectivity index (χ1v) is 5.38. The monoisotopic (exact) mass is 180 g/mol. The molecular weight excluding hydrogens is 160 g/mol. The summed E-state index contributed by atoms with van der Waals surface area (Å²) < 4.78 is 5.32. The Balaban J connectivity index is 2.10. The first kappa shape index (κ1) is 9.26. The van der Waals surface area contributed by atoms with Gasteiger partial charge < -0.3 is 4.74 Å². The summed E-state index contributed by atoms with van der Waals surface area (Å²) in [6, 6.07) is 0. The van der Waals surface area contributed by atoms with Crippen LogP contribution in [-0.4, -0.2) is 13.7 Å². The van der Waals surface area contributed by atoms with Gasteiger partial charge in [-0.1, -0.05) is 12.2 Å². The highest BCUT2D eigenvalue weighted by Gasteiger charge is 2.47. The van der Waals surface area contributed by atoms with Gasteiger partial charge in [-0.3, -0.25) is 0 Å². The highest BCUT2D eigenvalue weighted by atomic mass is 16.5. The SMILES string of the molecule is C=C(C)C1C2CCC(C2)C1COC. The van der Waals surface area contributed by atoms with Gasteiger partial charge in [0.05, 0.1) is 0 Å². The molecule has 0 amide bonds. The Bertz CT molecular complexity index is 209. The molecule has 0 aromatic rings. The number of ether oxygens (including phenoxy) is 1. The van der Waals surface area contributed by atoms with E-state index in [0.717, 1.165) is 30.3 Å². The Morgan fingerprint density at radius 2 is 2.08 bits per heavy atom. The first-order valence-electron chi connectivity index (χ1n) is 5.38. The Labute approximate surface area is 81.2 Å². The van der Waals surface area contributed by atoms with Gasteiger partial charge in [-0.25, -0.2) is 0 Å². The van der Waals surface area contributed by atoms with E-state index in [1.165, 1.54) is 24.8 Å². The fourth-order valence-electron chi connectivity index (χ4n) is 3.61. The van der Waals surface area contributed by atoms with Gasteiger partial charge in [-0.2, -0.15) is 0 Å². The van der Waals surface area contributed by atoms with Crippen LogP contribution in [-0.2, 0) is 4.74 Å². The summed E-state index contributed by atoms with van der Waals surface area (Å²) in [4.78, 5) is 0. The average Bonchev–Trinajstić information content (AvgIpc) is 2.63. The minimum Gasteiger partial charge on any atom is -0.384 e. The lowest BCUT2D eigenvalue weighted by Gasteiger charge is -2.30. The van der Waals surface area contributed by atoms with Crippen molar-refractivity contribution >= 4 is 0 Å². The van der Waals surface area contributed by atoms with Gasteiger partial charge in [-0.05, 0) is 49.9 Å². The molecule has 0 saturated heterocycles. The fourth-order valence-corrected chi connectivity index (χ4v) is 3.61. The van der Waals surface area contributed by atoms with Crippen molar-refractivity contribution in [3.63, 3.8) is 0 Å². The van der Waals surface area contributed by atoms with E-state index in [4.69, 9.17) is 4.74 Å². The van der Waals surface area contributed by atoms with Crippen molar-refractivity contribution in [1.29, 1.82) is 0 Å². The molecule has 2 bridgehead atoms. The third kappa shape index (κ3) is 1.43. The molecule has 0 heterocycles. The van der Waals surface area contributed by atoms with Crippen LogP contribution in [0.25, 0.3) is 0 Å². The number of fused-ring (bicyclic) bond motifs is 2. The molecule has 2 aliphatic carbocycles. The third-order valence-electron chi connectivity index (χ3n) is 4.02. The van der Waals surface area contributed by atoms with E-state index in [0.29, 0.717) is 0 Å².